The quantitative estimate of drug-likeness (QED) is 0.546. The molecule has 0 unspecified atom stereocenters. The maximum atomic E-state index is 12.1. The zero-order valence-electron chi connectivity index (χ0n) is 11.1. The highest BCUT2D eigenvalue weighted by atomic mass is 16.5. The maximum absolute atomic E-state index is 12.1. The Bertz CT molecular complexity index is 225. The van der Waals surface area contributed by atoms with Crippen LogP contribution < -0.4 is 5.32 Å². The highest BCUT2D eigenvalue weighted by Crippen LogP contribution is 2.35. The summed E-state index contributed by atoms with van der Waals surface area (Å²) >= 11 is 0. The number of ether oxygens (including phenoxy) is 2. The van der Waals surface area contributed by atoms with E-state index < -0.39 is 0 Å². The molecule has 4 nitrogen and oxygen atoms in total. The smallest absolute Gasteiger partial charge is 0.312 e. The van der Waals surface area contributed by atoms with Crippen LogP contribution in [-0.2, 0) is 14.3 Å². The number of unbranched alkanes of at least 4 members (excludes halogenated alkanes) is 1. The highest BCUT2D eigenvalue weighted by molar-refractivity contribution is 5.77. The molecule has 0 atom stereocenters. The number of hydrogen-bond donors (Lipinski definition) is 1. The van der Waals surface area contributed by atoms with Crippen LogP contribution in [0.25, 0.3) is 0 Å². The van der Waals surface area contributed by atoms with Crippen LogP contribution in [0.3, 0.4) is 0 Å². The number of esters is 1. The minimum atomic E-state index is -0.241. The summed E-state index contributed by atoms with van der Waals surface area (Å²) in [6, 6.07) is 0. The maximum Gasteiger partial charge on any atom is 0.312 e. The molecule has 1 N–H and O–H groups in total. The van der Waals surface area contributed by atoms with E-state index in [4.69, 9.17) is 9.47 Å². The molecule has 1 saturated heterocycles. The summed E-state index contributed by atoms with van der Waals surface area (Å²) < 4.78 is 10.3. The molecule has 0 saturated carbocycles. The van der Waals surface area contributed by atoms with Gasteiger partial charge in [-0.1, -0.05) is 6.42 Å². The second-order valence-corrected chi connectivity index (χ2v) is 4.70. The Labute approximate surface area is 104 Å². The molecule has 1 aliphatic heterocycles. The van der Waals surface area contributed by atoms with Crippen molar-refractivity contribution in [2.24, 2.45) is 5.41 Å². The molecule has 4 heteroatoms. The zero-order valence-corrected chi connectivity index (χ0v) is 11.1. The molecule has 0 amide bonds. The molecule has 17 heavy (non-hydrogen) atoms. The van der Waals surface area contributed by atoms with E-state index in [0.717, 1.165) is 51.8 Å². The summed E-state index contributed by atoms with van der Waals surface area (Å²) in [6.07, 6.45) is 4.78. The molecule has 0 aliphatic carbocycles. The van der Waals surface area contributed by atoms with Gasteiger partial charge in [0.1, 0.15) is 0 Å². The monoisotopic (exact) mass is 243 g/mol. The number of rotatable bonds is 7. The van der Waals surface area contributed by atoms with Crippen molar-refractivity contribution < 1.29 is 14.3 Å². The highest BCUT2D eigenvalue weighted by Gasteiger charge is 2.40. The van der Waals surface area contributed by atoms with Gasteiger partial charge in [-0.05, 0) is 45.7 Å². The minimum absolute atomic E-state index is 0.00100. The van der Waals surface area contributed by atoms with Crippen LogP contribution in [0.4, 0.5) is 0 Å². The fraction of sp³-hybridized carbons (Fsp3) is 0.923. The first-order valence-corrected chi connectivity index (χ1v) is 6.62. The molecule has 0 spiro atoms. The van der Waals surface area contributed by atoms with E-state index in [9.17, 15) is 4.79 Å². The summed E-state index contributed by atoms with van der Waals surface area (Å²) in [6.45, 7) is 4.97. The third-order valence-electron chi connectivity index (χ3n) is 3.52. The first-order chi connectivity index (χ1) is 8.25. The van der Waals surface area contributed by atoms with Gasteiger partial charge in [0.15, 0.2) is 0 Å². The predicted octanol–water partition coefficient (Wildman–Crippen LogP) is 1.74. The Morgan fingerprint density at radius 2 is 2.00 bits per heavy atom. The molecule has 1 fully saturated rings. The van der Waals surface area contributed by atoms with Gasteiger partial charge in [-0.25, -0.2) is 0 Å². The molecule has 0 aromatic rings. The Morgan fingerprint density at radius 1 is 1.29 bits per heavy atom. The van der Waals surface area contributed by atoms with Crippen LogP contribution >= 0.6 is 0 Å². The number of carbonyl (C=O) groups is 1. The normalized spacial score (nSPS) is 18.9. The number of methoxy groups -OCH3 is 1. The Morgan fingerprint density at radius 3 is 2.59 bits per heavy atom. The van der Waals surface area contributed by atoms with Crippen molar-refractivity contribution in [2.45, 2.75) is 39.0 Å². The van der Waals surface area contributed by atoms with Crippen molar-refractivity contribution in [3.8, 4) is 0 Å². The number of carbonyl (C=O) groups excluding carboxylic acids is 1. The molecule has 0 radical (unpaired) electrons. The summed E-state index contributed by atoms with van der Waals surface area (Å²) in [7, 11) is 1.71. The summed E-state index contributed by atoms with van der Waals surface area (Å²) in [5, 5.41) is 3.31. The van der Waals surface area contributed by atoms with Crippen molar-refractivity contribution in [1.82, 2.24) is 5.32 Å². The van der Waals surface area contributed by atoms with Crippen molar-refractivity contribution in [3.05, 3.63) is 0 Å². The van der Waals surface area contributed by atoms with Crippen molar-refractivity contribution in [2.75, 3.05) is 33.4 Å². The van der Waals surface area contributed by atoms with E-state index in [2.05, 4.69) is 5.32 Å². The van der Waals surface area contributed by atoms with E-state index in [1.165, 1.54) is 0 Å². The molecule has 0 aromatic heterocycles. The molecule has 1 aliphatic rings. The summed E-state index contributed by atoms with van der Waals surface area (Å²) in [5.74, 6) is -0.00100. The summed E-state index contributed by atoms with van der Waals surface area (Å²) in [4.78, 5) is 12.1. The first kappa shape index (κ1) is 14.5. The standard InChI is InChI=1S/C13H25NO3/c1-3-17-12(15)13(6-4-5-11-16-2)7-9-14-10-8-13/h14H,3-11H2,1-2H3. The van der Waals surface area contributed by atoms with Crippen molar-refractivity contribution in [1.29, 1.82) is 0 Å². The second kappa shape index (κ2) is 7.67. The Balaban J connectivity index is 2.49. The number of nitrogens with one attached hydrogen (secondary N) is 1. The SMILES string of the molecule is CCOC(=O)C1(CCCCOC)CCNCC1. The first-order valence-electron chi connectivity index (χ1n) is 6.62. The second-order valence-electron chi connectivity index (χ2n) is 4.70. The largest absolute Gasteiger partial charge is 0.466 e. The van der Waals surface area contributed by atoms with Gasteiger partial charge >= 0.3 is 5.97 Å². The van der Waals surface area contributed by atoms with Crippen molar-refractivity contribution in [3.63, 3.8) is 0 Å². The van der Waals surface area contributed by atoms with Crippen LogP contribution in [0.15, 0.2) is 0 Å². The Kier molecular flexibility index (Phi) is 6.52. The average Bonchev–Trinajstić information content (AvgIpc) is 2.36. The van der Waals surface area contributed by atoms with E-state index in [0.29, 0.717) is 6.61 Å². The lowest BCUT2D eigenvalue weighted by molar-refractivity contribution is -0.157. The van der Waals surface area contributed by atoms with Crippen LogP contribution in [0.2, 0.25) is 0 Å². The third-order valence-corrected chi connectivity index (χ3v) is 3.52. The molecular formula is C13H25NO3. The van der Waals surface area contributed by atoms with Crippen molar-refractivity contribution >= 4 is 5.97 Å². The fourth-order valence-electron chi connectivity index (χ4n) is 2.46. The van der Waals surface area contributed by atoms with Gasteiger partial charge in [-0.15, -0.1) is 0 Å². The molecule has 1 rings (SSSR count). The zero-order chi connectivity index (χ0) is 12.6. The lowest BCUT2D eigenvalue weighted by atomic mass is 9.75. The lowest BCUT2D eigenvalue weighted by Gasteiger charge is -2.35. The minimum Gasteiger partial charge on any atom is -0.466 e. The molecule has 0 aromatic carbocycles. The number of piperidine rings is 1. The van der Waals surface area contributed by atoms with E-state index in [-0.39, 0.29) is 11.4 Å². The molecule has 1 heterocycles. The van der Waals surface area contributed by atoms with Gasteiger partial charge < -0.3 is 14.8 Å². The van der Waals surface area contributed by atoms with Gasteiger partial charge in [0.25, 0.3) is 0 Å². The van der Waals surface area contributed by atoms with Crippen LogP contribution in [0.5, 0.6) is 0 Å². The van der Waals surface area contributed by atoms with Crippen LogP contribution in [0, 0.1) is 5.41 Å². The summed E-state index contributed by atoms with van der Waals surface area (Å²) in [5.41, 5.74) is -0.241. The van der Waals surface area contributed by atoms with Gasteiger partial charge in [0.05, 0.1) is 12.0 Å². The molecular weight excluding hydrogens is 218 g/mol. The molecule has 0 bridgehead atoms. The predicted molar refractivity (Wildman–Crippen MR) is 66.9 cm³/mol. The average molecular weight is 243 g/mol. The number of hydrogen-bond acceptors (Lipinski definition) is 4. The third kappa shape index (κ3) is 4.28. The van der Waals surface area contributed by atoms with Gasteiger partial charge in [0, 0.05) is 13.7 Å². The van der Waals surface area contributed by atoms with E-state index in [1.54, 1.807) is 7.11 Å². The fourth-order valence-corrected chi connectivity index (χ4v) is 2.46. The van der Waals surface area contributed by atoms with E-state index in [1.807, 2.05) is 6.92 Å². The van der Waals surface area contributed by atoms with Gasteiger partial charge in [-0.3, -0.25) is 4.79 Å². The topological polar surface area (TPSA) is 47.6 Å². The lowest BCUT2D eigenvalue weighted by Crippen LogP contribution is -2.43. The van der Waals surface area contributed by atoms with E-state index >= 15 is 0 Å². The van der Waals surface area contributed by atoms with Crippen LogP contribution in [-0.4, -0.2) is 39.4 Å². The van der Waals surface area contributed by atoms with Gasteiger partial charge in [-0.2, -0.15) is 0 Å². The Hall–Kier alpha value is -0.610. The van der Waals surface area contributed by atoms with Crippen LogP contribution in [0.1, 0.15) is 39.0 Å². The van der Waals surface area contributed by atoms with Gasteiger partial charge in [0.2, 0.25) is 0 Å². The molecule has 100 valence electrons.